The van der Waals surface area contributed by atoms with E-state index in [1.54, 1.807) is 13.8 Å². The minimum absolute atomic E-state index is 0.319. The number of hydrogen-bond donors (Lipinski definition) is 2. The lowest BCUT2D eigenvalue weighted by molar-refractivity contribution is -0.781. The maximum absolute atomic E-state index is 11.4. The Kier molecular flexibility index (Phi) is 3.68. The number of amides is 1. The zero-order valence-corrected chi connectivity index (χ0v) is 8.76. The molecule has 0 bridgehead atoms. The largest absolute Gasteiger partial charge is 0.464 e. The standard InChI is InChI=1S/C6H14N2O4S/c1-4-8(3,5-2)13(11,12)7-6(9)10/h7H,4-5H2,1-3H3/p+1. The van der Waals surface area contributed by atoms with Gasteiger partial charge in [0.15, 0.2) is 0 Å². The third kappa shape index (κ3) is 2.56. The van der Waals surface area contributed by atoms with Crippen LogP contribution in [-0.4, -0.2) is 43.6 Å². The third-order valence-corrected chi connectivity index (χ3v) is 4.24. The van der Waals surface area contributed by atoms with Gasteiger partial charge in [0.25, 0.3) is 0 Å². The number of quaternary nitrogens is 1. The summed E-state index contributed by atoms with van der Waals surface area (Å²) in [6.45, 7) is 4.01. The highest BCUT2D eigenvalue weighted by Gasteiger charge is 2.35. The molecule has 0 aromatic rings. The van der Waals surface area contributed by atoms with Gasteiger partial charge in [-0.2, -0.15) is 13.1 Å². The monoisotopic (exact) mass is 211 g/mol. The van der Waals surface area contributed by atoms with Gasteiger partial charge in [0.05, 0.1) is 20.1 Å². The highest BCUT2D eigenvalue weighted by Crippen LogP contribution is 2.08. The second-order valence-electron chi connectivity index (χ2n) is 2.81. The molecule has 0 atom stereocenters. The highest BCUT2D eigenvalue weighted by molar-refractivity contribution is 7.84. The topological polar surface area (TPSA) is 83.5 Å². The number of nitrogens with one attached hydrogen (secondary N) is 1. The molecule has 2 N–H and O–H groups in total. The Morgan fingerprint density at radius 1 is 1.38 bits per heavy atom. The summed E-state index contributed by atoms with van der Waals surface area (Å²) in [5, 5.41) is 8.30. The fourth-order valence-electron chi connectivity index (χ4n) is 0.784. The van der Waals surface area contributed by atoms with Crippen LogP contribution in [0.4, 0.5) is 4.79 Å². The Labute approximate surface area is 77.9 Å². The molecule has 0 fully saturated rings. The Morgan fingerprint density at radius 2 is 1.77 bits per heavy atom. The van der Waals surface area contributed by atoms with E-state index >= 15 is 0 Å². The van der Waals surface area contributed by atoms with Gasteiger partial charge in [-0.3, -0.25) is 0 Å². The SMILES string of the molecule is CC[N+](C)(CC)S(=O)(=O)NC(=O)O. The van der Waals surface area contributed by atoms with Gasteiger partial charge in [0.2, 0.25) is 0 Å². The summed E-state index contributed by atoms with van der Waals surface area (Å²) in [5.41, 5.74) is 0. The molecule has 0 aliphatic heterocycles. The zero-order valence-electron chi connectivity index (χ0n) is 7.94. The average Bonchev–Trinajstić information content (AvgIpc) is 2.00. The van der Waals surface area contributed by atoms with E-state index in [1.807, 2.05) is 0 Å². The second-order valence-corrected chi connectivity index (χ2v) is 4.85. The van der Waals surface area contributed by atoms with Crippen LogP contribution in [0.25, 0.3) is 0 Å². The summed E-state index contributed by atoms with van der Waals surface area (Å²) < 4.78 is 24.0. The van der Waals surface area contributed by atoms with E-state index in [9.17, 15) is 13.2 Å². The van der Waals surface area contributed by atoms with E-state index < -0.39 is 16.3 Å². The molecule has 7 heteroatoms. The number of hydrogen-bond acceptors (Lipinski definition) is 3. The molecule has 0 spiro atoms. The molecule has 0 radical (unpaired) electrons. The van der Waals surface area contributed by atoms with E-state index in [1.165, 1.54) is 11.8 Å². The Bertz CT molecular complexity index is 281. The van der Waals surface area contributed by atoms with Crippen LogP contribution in [0.1, 0.15) is 13.8 Å². The van der Waals surface area contributed by atoms with Gasteiger partial charge in [-0.25, -0.2) is 8.68 Å². The molecule has 0 rings (SSSR count). The quantitative estimate of drug-likeness (QED) is 0.640. The average molecular weight is 211 g/mol. The molecule has 0 aliphatic rings. The second kappa shape index (κ2) is 3.93. The van der Waals surface area contributed by atoms with E-state index in [0.29, 0.717) is 13.1 Å². The Morgan fingerprint density at radius 3 is 2.00 bits per heavy atom. The number of carboxylic acid groups (broad SMARTS) is 1. The van der Waals surface area contributed by atoms with Crippen molar-refractivity contribution >= 4 is 16.3 Å². The van der Waals surface area contributed by atoms with Crippen molar-refractivity contribution < 1.29 is 22.2 Å². The molecule has 78 valence electrons. The van der Waals surface area contributed by atoms with Gasteiger partial charge >= 0.3 is 16.3 Å². The summed E-state index contributed by atoms with van der Waals surface area (Å²) in [4.78, 5) is 10.2. The van der Waals surface area contributed by atoms with Crippen LogP contribution in [0.2, 0.25) is 0 Å². The summed E-state index contributed by atoms with van der Waals surface area (Å²) >= 11 is 0. The Balaban J connectivity index is 4.90. The highest BCUT2D eigenvalue weighted by atomic mass is 32.2. The van der Waals surface area contributed by atoms with Crippen LogP contribution in [0.3, 0.4) is 0 Å². The van der Waals surface area contributed by atoms with Crippen molar-refractivity contribution in [2.75, 3.05) is 20.1 Å². The van der Waals surface area contributed by atoms with Crippen molar-refractivity contribution in [2.24, 2.45) is 0 Å². The van der Waals surface area contributed by atoms with Gasteiger partial charge < -0.3 is 5.11 Å². The van der Waals surface area contributed by atoms with Crippen molar-refractivity contribution in [3.63, 3.8) is 0 Å². The molecule has 0 heterocycles. The first kappa shape index (κ1) is 12.2. The van der Waals surface area contributed by atoms with Crippen molar-refractivity contribution in [3.8, 4) is 0 Å². The lowest BCUT2D eigenvalue weighted by atomic mass is 10.6. The van der Waals surface area contributed by atoms with Crippen molar-refractivity contribution in [1.82, 2.24) is 4.72 Å². The van der Waals surface area contributed by atoms with Crippen LogP contribution in [0.15, 0.2) is 0 Å². The van der Waals surface area contributed by atoms with Crippen molar-refractivity contribution in [1.29, 1.82) is 0 Å². The van der Waals surface area contributed by atoms with Gasteiger partial charge in [-0.15, -0.1) is 0 Å². The van der Waals surface area contributed by atoms with Crippen molar-refractivity contribution in [3.05, 3.63) is 0 Å². The molecular formula is C6H15N2O4S+. The van der Waals surface area contributed by atoms with Crippen LogP contribution in [0.5, 0.6) is 0 Å². The summed E-state index contributed by atoms with van der Waals surface area (Å²) in [6, 6.07) is 0. The van der Waals surface area contributed by atoms with E-state index in [2.05, 4.69) is 0 Å². The summed E-state index contributed by atoms with van der Waals surface area (Å²) in [5.74, 6) is 0. The fraction of sp³-hybridized carbons (Fsp3) is 0.833. The number of rotatable bonds is 4. The van der Waals surface area contributed by atoms with E-state index in [-0.39, 0.29) is 3.89 Å². The fourth-order valence-corrected chi connectivity index (χ4v) is 1.90. The van der Waals surface area contributed by atoms with E-state index in [0.717, 1.165) is 0 Å². The number of carbonyl (C=O) groups is 1. The molecule has 0 aliphatic carbocycles. The first-order valence-corrected chi connectivity index (χ1v) is 5.33. The molecule has 0 unspecified atom stereocenters. The van der Waals surface area contributed by atoms with Crippen LogP contribution in [-0.2, 0) is 10.2 Å². The molecule has 0 aromatic carbocycles. The molecule has 0 aromatic heterocycles. The van der Waals surface area contributed by atoms with Gasteiger partial charge in [0.1, 0.15) is 0 Å². The molecular weight excluding hydrogens is 196 g/mol. The first-order valence-electron chi connectivity index (χ1n) is 3.89. The molecule has 13 heavy (non-hydrogen) atoms. The summed E-state index contributed by atoms with van der Waals surface area (Å²) in [7, 11) is -2.37. The van der Waals surface area contributed by atoms with Crippen LogP contribution in [0, 0.1) is 0 Å². The molecule has 1 amide bonds. The molecule has 0 saturated heterocycles. The number of nitrogens with zero attached hydrogens (tertiary/aromatic N) is 1. The smallest absolute Gasteiger partial charge is 0.422 e. The van der Waals surface area contributed by atoms with Crippen LogP contribution >= 0.6 is 0 Å². The predicted molar refractivity (Wildman–Crippen MR) is 47.3 cm³/mol. The summed E-state index contributed by atoms with van der Waals surface area (Å²) in [6.07, 6.45) is -1.55. The predicted octanol–water partition coefficient (Wildman–Crippen LogP) is -0.0148. The lowest BCUT2D eigenvalue weighted by Gasteiger charge is -2.29. The minimum Gasteiger partial charge on any atom is -0.464 e. The van der Waals surface area contributed by atoms with Gasteiger partial charge in [0, 0.05) is 0 Å². The van der Waals surface area contributed by atoms with Gasteiger partial charge in [-0.05, 0) is 13.8 Å². The van der Waals surface area contributed by atoms with E-state index in [4.69, 9.17) is 5.11 Å². The van der Waals surface area contributed by atoms with Crippen molar-refractivity contribution in [2.45, 2.75) is 13.8 Å². The molecule has 0 saturated carbocycles. The minimum atomic E-state index is -3.83. The lowest BCUT2D eigenvalue weighted by Crippen LogP contribution is -2.55. The maximum atomic E-state index is 11.4. The van der Waals surface area contributed by atoms with Gasteiger partial charge in [-0.1, -0.05) is 0 Å². The van der Waals surface area contributed by atoms with Crippen LogP contribution < -0.4 is 4.72 Å². The maximum Gasteiger partial charge on any atom is 0.422 e. The Hall–Kier alpha value is -0.820. The third-order valence-electron chi connectivity index (χ3n) is 2.13. The molecule has 6 nitrogen and oxygen atoms in total. The first-order chi connectivity index (χ1) is 5.79. The zero-order chi connectivity index (χ0) is 10.7. The normalized spacial score (nSPS) is 12.5.